The molecule has 0 bridgehead atoms. The fourth-order valence-corrected chi connectivity index (χ4v) is 2.13. The van der Waals surface area contributed by atoms with Crippen LogP contribution in [0.5, 0.6) is 0 Å². The van der Waals surface area contributed by atoms with E-state index in [-0.39, 0.29) is 0 Å². The van der Waals surface area contributed by atoms with E-state index in [1.807, 2.05) is 6.08 Å². The Bertz CT molecular complexity index is 215. The topological polar surface area (TPSA) is 17.1 Å². The first-order chi connectivity index (χ1) is 6.76. The van der Waals surface area contributed by atoms with Crippen molar-refractivity contribution in [1.29, 1.82) is 0 Å². The van der Waals surface area contributed by atoms with Crippen LogP contribution < -0.4 is 0 Å². The third-order valence-electron chi connectivity index (χ3n) is 3.15. The van der Waals surface area contributed by atoms with Gasteiger partial charge >= 0.3 is 0 Å². The number of carbonyl (C=O) groups is 1. The molecule has 1 aliphatic carbocycles. The van der Waals surface area contributed by atoms with Crippen LogP contribution in [0, 0.1) is 5.92 Å². The van der Waals surface area contributed by atoms with Gasteiger partial charge in [0.25, 0.3) is 0 Å². The molecule has 1 nitrogen and oxygen atoms in total. The molecule has 1 atom stereocenters. The fraction of sp³-hybridized carbons (Fsp3) is 0.769. The van der Waals surface area contributed by atoms with E-state index >= 15 is 0 Å². The van der Waals surface area contributed by atoms with Crippen molar-refractivity contribution < 1.29 is 4.79 Å². The summed E-state index contributed by atoms with van der Waals surface area (Å²) in [6, 6.07) is 0. The van der Waals surface area contributed by atoms with E-state index in [4.69, 9.17) is 0 Å². The van der Waals surface area contributed by atoms with Crippen molar-refractivity contribution in [3.63, 3.8) is 0 Å². The van der Waals surface area contributed by atoms with Crippen LogP contribution in [-0.2, 0) is 4.79 Å². The molecule has 1 unspecified atom stereocenters. The van der Waals surface area contributed by atoms with Crippen molar-refractivity contribution in [3.8, 4) is 0 Å². The van der Waals surface area contributed by atoms with Gasteiger partial charge in [0.2, 0.25) is 0 Å². The number of rotatable bonds is 6. The first-order valence-corrected chi connectivity index (χ1v) is 5.98. The average Bonchev–Trinajstić information content (AvgIpc) is 2.58. The van der Waals surface area contributed by atoms with Crippen LogP contribution in [0.1, 0.15) is 58.8 Å². The number of hydrogen-bond acceptors (Lipinski definition) is 1. The van der Waals surface area contributed by atoms with Crippen molar-refractivity contribution in [3.05, 3.63) is 11.6 Å². The van der Waals surface area contributed by atoms with Crippen LogP contribution in [0.3, 0.4) is 0 Å². The van der Waals surface area contributed by atoms with Crippen LogP contribution >= 0.6 is 0 Å². The minimum atomic E-state index is 0.338. The summed E-state index contributed by atoms with van der Waals surface area (Å²) >= 11 is 0. The van der Waals surface area contributed by atoms with Gasteiger partial charge in [0.1, 0.15) is 0 Å². The molecule has 14 heavy (non-hydrogen) atoms. The zero-order chi connectivity index (χ0) is 10.4. The molecule has 0 radical (unpaired) electrons. The third-order valence-corrected chi connectivity index (χ3v) is 3.15. The Morgan fingerprint density at radius 2 is 2.14 bits per heavy atom. The molecular formula is C13H22O. The third kappa shape index (κ3) is 3.65. The monoisotopic (exact) mass is 194 g/mol. The quantitative estimate of drug-likeness (QED) is 0.627. The predicted octanol–water partition coefficient (Wildman–Crippen LogP) is 3.88. The summed E-state index contributed by atoms with van der Waals surface area (Å²) in [5, 5.41) is 0. The Hall–Kier alpha value is -0.590. The van der Waals surface area contributed by atoms with Crippen molar-refractivity contribution in [1.82, 2.24) is 0 Å². The molecule has 0 saturated heterocycles. The molecule has 0 saturated carbocycles. The Morgan fingerprint density at radius 3 is 2.64 bits per heavy atom. The van der Waals surface area contributed by atoms with E-state index in [9.17, 15) is 4.79 Å². The highest BCUT2D eigenvalue weighted by molar-refractivity contribution is 5.92. The number of unbranched alkanes of at least 4 members (excludes halogenated alkanes) is 1. The maximum Gasteiger partial charge on any atom is 0.155 e. The van der Waals surface area contributed by atoms with Gasteiger partial charge in [-0.05, 0) is 24.8 Å². The molecule has 0 fully saturated rings. The number of carbonyl (C=O) groups excluding carboxylic acids is 1. The van der Waals surface area contributed by atoms with Crippen LogP contribution in [0.25, 0.3) is 0 Å². The van der Waals surface area contributed by atoms with E-state index in [2.05, 4.69) is 13.8 Å². The van der Waals surface area contributed by atoms with Gasteiger partial charge in [-0.15, -0.1) is 0 Å². The molecule has 80 valence electrons. The summed E-state index contributed by atoms with van der Waals surface area (Å²) < 4.78 is 0. The second-order valence-corrected chi connectivity index (χ2v) is 4.39. The van der Waals surface area contributed by atoms with Gasteiger partial charge in [-0.3, -0.25) is 4.79 Å². The lowest BCUT2D eigenvalue weighted by molar-refractivity contribution is -0.114. The van der Waals surface area contributed by atoms with Gasteiger partial charge in [-0.1, -0.05) is 45.1 Å². The smallest absolute Gasteiger partial charge is 0.155 e. The van der Waals surface area contributed by atoms with Crippen molar-refractivity contribution in [2.24, 2.45) is 5.92 Å². The molecule has 0 spiro atoms. The second kappa shape index (κ2) is 6.00. The van der Waals surface area contributed by atoms with E-state index in [0.29, 0.717) is 5.78 Å². The first-order valence-electron chi connectivity index (χ1n) is 5.98. The molecule has 1 rings (SSSR count). The van der Waals surface area contributed by atoms with Gasteiger partial charge < -0.3 is 0 Å². The average molecular weight is 194 g/mol. The van der Waals surface area contributed by atoms with Crippen molar-refractivity contribution >= 4 is 5.78 Å². The van der Waals surface area contributed by atoms with E-state index in [1.54, 1.807) is 0 Å². The van der Waals surface area contributed by atoms with Crippen LogP contribution in [0.15, 0.2) is 11.6 Å². The highest BCUT2D eigenvalue weighted by Gasteiger charge is 2.15. The summed E-state index contributed by atoms with van der Waals surface area (Å²) in [5.74, 6) is 1.15. The molecule has 1 heteroatoms. The summed E-state index contributed by atoms with van der Waals surface area (Å²) in [7, 11) is 0. The lowest BCUT2D eigenvalue weighted by atomic mass is 9.92. The zero-order valence-corrected chi connectivity index (χ0v) is 9.51. The van der Waals surface area contributed by atoms with Crippen molar-refractivity contribution in [2.45, 2.75) is 58.8 Å². The van der Waals surface area contributed by atoms with Gasteiger partial charge in [0, 0.05) is 6.42 Å². The van der Waals surface area contributed by atoms with Crippen molar-refractivity contribution in [2.75, 3.05) is 0 Å². The number of ketones is 1. The largest absolute Gasteiger partial charge is 0.295 e. The first kappa shape index (κ1) is 11.5. The Kier molecular flexibility index (Phi) is 4.92. The summed E-state index contributed by atoms with van der Waals surface area (Å²) in [6.07, 6.45) is 10.1. The van der Waals surface area contributed by atoms with Gasteiger partial charge in [-0.25, -0.2) is 0 Å². The van der Waals surface area contributed by atoms with Gasteiger partial charge in [-0.2, -0.15) is 0 Å². The summed E-state index contributed by atoms with van der Waals surface area (Å²) in [5.41, 5.74) is 1.40. The van der Waals surface area contributed by atoms with Crippen LogP contribution in [0.2, 0.25) is 0 Å². The molecule has 0 N–H and O–H groups in total. The lowest BCUT2D eigenvalue weighted by Gasteiger charge is -2.14. The Balaban J connectivity index is 2.32. The maximum absolute atomic E-state index is 11.1. The highest BCUT2D eigenvalue weighted by Crippen LogP contribution is 2.26. The SMILES string of the molecule is CCCCC(CC)CC1=CC(=O)CC1. The van der Waals surface area contributed by atoms with Gasteiger partial charge in [0.15, 0.2) is 5.78 Å². The van der Waals surface area contributed by atoms with E-state index in [0.717, 1.165) is 18.8 Å². The standard InChI is InChI=1S/C13H22O/c1-3-5-6-11(4-2)9-12-7-8-13(14)10-12/h10-11H,3-9H2,1-2H3. The minimum absolute atomic E-state index is 0.338. The van der Waals surface area contributed by atoms with Gasteiger partial charge in [0.05, 0.1) is 0 Å². The Morgan fingerprint density at radius 1 is 1.36 bits per heavy atom. The normalized spacial score (nSPS) is 18.4. The second-order valence-electron chi connectivity index (χ2n) is 4.39. The number of allylic oxidation sites excluding steroid dienone is 2. The molecule has 0 aromatic rings. The minimum Gasteiger partial charge on any atom is -0.295 e. The number of hydrogen-bond donors (Lipinski definition) is 0. The Labute approximate surface area is 87.6 Å². The molecule has 0 heterocycles. The van der Waals surface area contributed by atoms with E-state index < -0.39 is 0 Å². The summed E-state index contributed by atoms with van der Waals surface area (Å²) in [4.78, 5) is 11.1. The molecule has 0 amide bonds. The van der Waals surface area contributed by atoms with Crippen LogP contribution in [0.4, 0.5) is 0 Å². The van der Waals surface area contributed by atoms with E-state index in [1.165, 1.54) is 37.7 Å². The molecule has 0 aromatic carbocycles. The zero-order valence-electron chi connectivity index (χ0n) is 9.51. The predicted molar refractivity (Wildman–Crippen MR) is 60.2 cm³/mol. The lowest BCUT2D eigenvalue weighted by Crippen LogP contribution is -1.99. The fourth-order valence-electron chi connectivity index (χ4n) is 2.13. The maximum atomic E-state index is 11.1. The van der Waals surface area contributed by atoms with Crippen LogP contribution in [-0.4, -0.2) is 5.78 Å². The molecule has 1 aliphatic rings. The summed E-state index contributed by atoms with van der Waals surface area (Å²) in [6.45, 7) is 4.50. The molecule has 0 aromatic heterocycles. The highest BCUT2D eigenvalue weighted by atomic mass is 16.1. The molecular weight excluding hydrogens is 172 g/mol. The molecule has 0 aliphatic heterocycles.